The lowest BCUT2D eigenvalue weighted by Gasteiger charge is -2.18. The van der Waals surface area contributed by atoms with Crippen LogP contribution in [-0.2, 0) is 4.79 Å². The van der Waals surface area contributed by atoms with Crippen LogP contribution in [0.4, 0.5) is 16.2 Å². The van der Waals surface area contributed by atoms with E-state index in [2.05, 4.69) is 16.0 Å². The molecule has 1 atom stereocenters. The van der Waals surface area contributed by atoms with Gasteiger partial charge in [-0.05, 0) is 73.7 Å². The molecule has 3 amide bonds. The van der Waals surface area contributed by atoms with Crippen LogP contribution in [0.25, 0.3) is 10.4 Å². The maximum Gasteiger partial charge on any atom is 0.326 e. The first kappa shape index (κ1) is 26.7. The number of urea groups is 1. The number of anilines is 2. The van der Waals surface area contributed by atoms with E-state index >= 15 is 0 Å². The number of ether oxygens (including phenoxy) is 1. The number of thiophene rings is 1. The van der Waals surface area contributed by atoms with Crippen LogP contribution >= 0.6 is 11.3 Å². The molecule has 1 heterocycles. The van der Waals surface area contributed by atoms with Gasteiger partial charge in [0, 0.05) is 10.6 Å². The summed E-state index contributed by atoms with van der Waals surface area (Å²) >= 11 is 1.17. The van der Waals surface area contributed by atoms with Gasteiger partial charge in [-0.15, -0.1) is 11.3 Å². The number of rotatable bonds is 8. The normalized spacial score (nSPS) is 11.6. The van der Waals surface area contributed by atoms with Gasteiger partial charge in [0.15, 0.2) is 0 Å². The predicted molar refractivity (Wildman–Crippen MR) is 143 cm³/mol. The summed E-state index contributed by atoms with van der Waals surface area (Å²) in [7, 11) is 1.58. The second-order valence-corrected chi connectivity index (χ2v) is 10.0. The number of aliphatic carboxylic acids is 1. The Morgan fingerprint density at radius 1 is 0.944 bits per heavy atom. The Hall–Kier alpha value is -3.85. The Kier molecular flexibility index (Phi) is 8.37. The number of carboxylic acids is 1. The highest BCUT2D eigenvalue weighted by Gasteiger charge is 2.27. The van der Waals surface area contributed by atoms with E-state index in [1.165, 1.54) is 11.3 Å². The average Bonchev–Trinajstić information content (AvgIpc) is 3.23. The minimum atomic E-state index is -1.12. The molecular formula is C27H31N3O5S. The van der Waals surface area contributed by atoms with Crippen molar-refractivity contribution in [1.82, 2.24) is 5.32 Å². The number of nitrogens with one attached hydrogen (secondary N) is 3. The molecule has 3 rings (SSSR count). The number of carbonyl (C=O) groups excluding carboxylic acids is 2. The van der Waals surface area contributed by atoms with E-state index in [4.69, 9.17) is 4.74 Å². The van der Waals surface area contributed by atoms with Gasteiger partial charge in [-0.2, -0.15) is 0 Å². The number of carboxylic acid groups (broad SMARTS) is 1. The summed E-state index contributed by atoms with van der Waals surface area (Å²) < 4.78 is 5.21. The van der Waals surface area contributed by atoms with Gasteiger partial charge in [-0.25, -0.2) is 9.59 Å². The summed E-state index contributed by atoms with van der Waals surface area (Å²) in [4.78, 5) is 38.7. The first-order chi connectivity index (χ1) is 17.0. The van der Waals surface area contributed by atoms with Crippen molar-refractivity contribution in [3.05, 3.63) is 64.0 Å². The Bertz CT molecular complexity index is 1260. The van der Waals surface area contributed by atoms with Gasteiger partial charge in [0.25, 0.3) is 5.91 Å². The van der Waals surface area contributed by atoms with Crippen LogP contribution in [-0.4, -0.2) is 36.2 Å². The molecule has 0 radical (unpaired) electrons. The fraction of sp³-hybridized carbons (Fsp3) is 0.296. The minimum Gasteiger partial charge on any atom is -0.497 e. The molecule has 0 aliphatic rings. The lowest BCUT2D eigenvalue weighted by atomic mass is 10.0. The van der Waals surface area contributed by atoms with E-state index in [1.54, 1.807) is 39.2 Å². The molecule has 0 bridgehead atoms. The summed E-state index contributed by atoms with van der Waals surface area (Å²) in [5.41, 5.74) is 4.75. The topological polar surface area (TPSA) is 117 Å². The summed E-state index contributed by atoms with van der Waals surface area (Å²) in [6.45, 7) is 9.25. The van der Waals surface area contributed by atoms with Gasteiger partial charge in [-0.3, -0.25) is 4.79 Å². The Morgan fingerprint density at radius 2 is 1.56 bits per heavy atom. The van der Waals surface area contributed by atoms with Gasteiger partial charge < -0.3 is 25.8 Å². The summed E-state index contributed by atoms with van der Waals surface area (Å²) in [6.07, 6.45) is 0. The third-order valence-electron chi connectivity index (χ3n) is 5.70. The second-order valence-electron chi connectivity index (χ2n) is 8.97. The SMILES string of the molecule is COc1ccc(-c2cc(NC(=O)Nc3c(C)cc(C)cc3C)c(C(=O)N[C@H](C(=O)O)C(C)C)s2)cc1. The fourth-order valence-corrected chi connectivity index (χ4v) is 4.94. The van der Waals surface area contributed by atoms with Crippen LogP contribution in [0.3, 0.4) is 0 Å². The molecular weight excluding hydrogens is 478 g/mol. The molecule has 0 aliphatic carbocycles. The zero-order valence-corrected chi connectivity index (χ0v) is 22.0. The number of aryl methyl sites for hydroxylation is 3. The van der Waals surface area contributed by atoms with E-state index in [-0.39, 0.29) is 16.5 Å². The molecule has 8 nitrogen and oxygen atoms in total. The van der Waals surface area contributed by atoms with E-state index in [1.807, 2.05) is 45.0 Å². The van der Waals surface area contributed by atoms with Gasteiger partial charge in [0.1, 0.15) is 16.7 Å². The van der Waals surface area contributed by atoms with E-state index in [0.29, 0.717) is 11.4 Å². The van der Waals surface area contributed by atoms with Crippen molar-refractivity contribution in [2.45, 2.75) is 40.7 Å². The van der Waals surface area contributed by atoms with Crippen molar-refractivity contribution in [1.29, 1.82) is 0 Å². The third kappa shape index (κ3) is 6.23. The first-order valence-corrected chi connectivity index (χ1v) is 12.3. The van der Waals surface area contributed by atoms with Crippen molar-refractivity contribution in [2.24, 2.45) is 5.92 Å². The zero-order valence-electron chi connectivity index (χ0n) is 21.2. The highest BCUT2D eigenvalue weighted by molar-refractivity contribution is 7.18. The highest BCUT2D eigenvalue weighted by Crippen LogP contribution is 2.36. The zero-order chi connectivity index (χ0) is 26.6. The van der Waals surface area contributed by atoms with Crippen LogP contribution in [0.2, 0.25) is 0 Å². The summed E-state index contributed by atoms with van der Waals surface area (Å²) in [6, 6.07) is 11.4. The maximum absolute atomic E-state index is 13.2. The van der Waals surface area contributed by atoms with E-state index in [0.717, 1.165) is 27.1 Å². The molecule has 9 heteroatoms. The van der Waals surface area contributed by atoms with Crippen LogP contribution in [0.5, 0.6) is 5.75 Å². The highest BCUT2D eigenvalue weighted by atomic mass is 32.1. The number of benzene rings is 2. The van der Waals surface area contributed by atoms with E-state index in [9.17, 15) is 19.5 Å². The van der Waals surface area contributed by atoms with Crippen LogP contribution in [0.1, 0.15) is 40.2 Å². The number of methoxy groups -OCH3 is 1. The molecule has 2 aromatic carbocycles. The van der Waals surface area contributed by atoms with Crippen molar-refractivity contribution in [3.8, 4) is 16.2 Å². The Balaban J connectivity index is 1.94. The molecule has 0 aliphatic heterocycles. The average molecular weight is 510 g/mol. The third-order valence-corrected chi connectivity index (χ3v) is 6.88. The van der Waals surface area contributed by atoms with Gasteiger partial charge in [0.05, 0.1) is 12.8 Å². The smallest absolute Gasteiger partial charge is 0.326 e. The molecule has 190 valence electrons. The monoisotopic (exact) mass is 509 g/mol. The van der Waals surface area contributed by atoms with Crippen LogP contribution in [0, 0.1) is 26.7 Å². The number of hydrogen-bond acceptors (Lipinski definition) is 5. The van der Waals surface area contributed by atoms with Crippen molar-refractivity contribution in [2.75, 3.05) is 17.7 Å². The minimum absolute atomic E-state index is 0.209. The standard InChI is InChI=1S/C27H31N3O5S/c1-14(2)22(26(32)33)29-25(31)24-20(13-21(36-24)18-7-9-19(35-6)10-8-18)28-27(34)30-23-16(4)11-15(3)12-17(23)5/h7-14,22H,1-6H3,(H,29,31)(H,32,33)(H2,28,30,34)/t22-/m0/s1. The largest absolute Gasteiger partial charge is 0.497 e. The van der Waals surface area contributed by atoms with Crippen molar-refractivity contribution >= 4 is 40.6 Å². The van der Waals surface area contributed by atoms with Crippen molar-refractivity contribution in [3.63, 3.8) is 0 Å². The van der Waals surface area contributed by atoms with Gasteiger partial charge >= 0.3 is 12.0 Å². The molecule has 0 spiro atoms. The van der Waals surface area contributed by atoms with Crippen LogP contribution < -0.4 is 20.7 Å². The molecule has 3 aromatic rings. The van der Waals surface area contributed by atoms with E-state index < -0.39 is 23.9 Å². The Morgan fingerprint density at radius 3 is 2.08 bits per heavy atom. The quantitative estimate of drug-likeness (QED) is 0.305. The molecule has 0 unspecified atom stereocenters. The molecule has 0 saturated heterocycles. The number of hydrogen-bond donors (Lipinski definition) is 4. The summed E-state index contributed by atoms with van der Waals surface area (Å²) in [5, 5.41) is 17.8. The number of amides is 3. The predicted octanol–water partition coefficient (Wildman–Crippen LogP) is 5.83. The fourth-order valence-electron chi connectivity index (χ4n) is 3.91. The molecule has 36 heavy (non-hydrogen) atoms. The van der Waals surface area contributed by atoms with Gasteiger partial charge in [0.2, 0.25) is 0 Å². The number of carbonyl (C=O) groups is 3. The summed E-state index contributed by atoms with van der Waals surface area (Å²) in [5.74, 6) is -1.32. The van der Waals surface area contributed by atoms with Crippen molar-refractivity contribution < 1.29 is 24.2 Å². The molecule has 0 fully saturated rings. The maximum atomic E-state index is 13.2. The van der Waals surface area contributed by atoms with Gasteiger partial charge in [-0.1, -0.05) is 31.5 Å². The lowest BCUT2D eigenvalue weighted by molar-refractivity contribution is -0.140. The lowest BCUT2D eigenvalue weighted by Crippen LogP contribution is -2.44. The first-order valence-electron chi connectivity index (χ1n) is 11.5. The molecule has 0 saturated carbocycles. The second kappa shape index (κ2) is 11.3. The Labute approximate surface area is 214 Å². The van der Waals surface area contributed by atoms with Crippen LogP contribution in [0.15, 0.2) is 42.5 Å². The molecule has 4 N–H and O–H groups in total. The molecule has 1 aromatic heterocycles.